The van der Waals surface area contributed by atoms with E-state index < -0.39 is 0 Å². The van der Waals surface area contributed by atoms with Gasteiger partial charge in [0.05, 0.1) is 0 Å². The smallest absolute Gasteiger partial charge is 0.0461 e. The molecule has 2 rings (SSSR count). The molecular weight excluding hydrogens is 368 g/mol. The summed E-state index contributed by atoms with van der Waals surface area (Å²) < 4.78 is 2.11. The zero-order valence-electron chi connectivity index (χ0n) is 10.7. The van der Waals surface area contributed by atoms with Crippen molar-refractivity contribution in [2.75, 3.05) is 12.8 Å². The molecular formula is C15H16Br2N2. The number of nitrogens with zero attached hydrogens (tertiary/aromatic N) is 1. The van der Waals surface area contributed by atoms with Crippen molar-refractivity contribution < 1.29 is 0 Å². The number of nitrogen functional groups attached to an aromatic ring is 1. The molecule has 2 nitrogen and oxygen atoms in total. The molecule has 0 saturated carbocycles. The summed E-state index contributed by atoms with van der Waals surface area (Å²) in [6, 6.07) is 14.4. The first-order valence-corrected chi connectivity index (χ1v) is 7.60. The van der Waals surface area contributed by atoms with Gasteiger partial charge >= 0.3 is 0 Å². The van der Waals surface area contributed by atoms with E-state index in [4.69, 9.17) is 5.73 Å². The first-order chi connectivity index (χ1) is 9.06. The molecule has 0 radical (unpaired) electrons. The van der Waals surface area contributed by atoms with Crippen molar-refractivity contribution in [1.29, 1.82) is 0 Å². The highest BCUT2D eigenvalue weighted by Crippen LogP contribution is 2.25. The van der Waals surface area contributed by atoms with Gasteiger partial charge in [-0.15, -0.1) is 0 Å². The molecule has 0 atom stereocenters. The van der Waals surface area contributed by atoms with Gasteiger partial charge in [-0.3, -0.25) is 4.90 Å². The zero-order chi connectivity index (χ0) is 13.8. The molecule has 19 heavy (non-hydrogen) atoms. The van der Waals surface area contributed by atoms with Crippen molar-refractivity contribution in [1.82, 2.24) is 4.90 Å². The molecule has 0 aliphatic heterocycles. The van der Waals surface area contributed by atoms with Crippen molar-refractivity contribution in [3.8, 4) is 0 Å². The second-order valence-electron chi connectivity index (χ2n) is 4.62. The maximum Gasteiger partial charge on any atom is 0.0461 e. The summed E-state index contributed by atoms with van der Waals surface area (Å²) in [5, 5.41) is 0. The van der Waals surface area contributed by atoms with E-state index in [1.54, 1.807) is 0 Å². The van der Waals surface area contributed by atoms with Gasteiger partial charge in [0.1, 0.15) is 0 Å². The first kappa shape index (κ1) is 14.6. The maximum absolute atomic E-state index is 5.90. The molecule has 2 N–H and O–H groups in total. The fourth-order valence-electron chi connectivity index (χ4n) is 2.02. The van der Waals surface area contributed by atoms with Crippen LogP contribution in [0.3, 0.4) is 0 Å². The lowest BCUT2D eigenvalue weighted by Gasteiger charge is -2.18. The lowest BCUT2D eigenvalue weighted by atomic mass is 10.1. The van der Waals surface area contributed by atoms with E-state index in [2.05, 4.69) is 68.1 Å². The van der Waals surface area contributed by atoms with Crippen LogP contribution >= 0.6 is 31.9 Å². The van der Waals surface area contributed by atoms with E-state index in [0.29, 0.717) is 0 Å². The third-order valence-corrected chi connectivity index (χ3v) is 4.35. The fraction of sp³-hybridized carbons (Fsp3) is 0.200. The minimum absolute atomic E-state index is 0.786. The monoisotopic (exact) mass is 382 g/mol. The molecule has 0 spiro atoms. The van der Waals surface area contributed by atoms with Crippen LogP contribution < -0.4 is 5.73 Å². The number of hydrogen-bond acceptors (Lipinski definition) is 2. The van der Waals surface area contributed by atoms with Crippen LogP contribution in [0, 0.1) is 0 Å². The number of rotatable bonds is 4. The summed E-state index contributed by atoms with van der Waals surface area (Å²) in [7, 11) is 2.11. The molecule has 2 aromatic carbocycles. The van der Waals surface area contributed by atoms with Crippen molar-refractivity contribution in [2.45, 2.75) is 13.1 Å². The fourth-order valence-corrected chi connectivity index (χ4v) is 2.85. The molecule has 0 bridgehead atoms. The molecule has 0 aliphatic carbocycles. The average Bonchev–Trinajstić information content (AvgIpc) is 2.35. The number of nitrogens with two attached hydrogens (primary N) is 1. The van der Waals surface area contributed by atoms with Gasteiger partial charge in [0.25, 0.3) is 0 Å². The first-order valence-electron chi connectivity index (χ1n) is 6.02. The Morgan fingerprint density at radius 1 is 1.05 bits per heavy atom. The van der Waals surface area contributed by atoms with Gasteiger partial charge in [0, 0.05) is 27.7 Å². The number of anilines is 1. The van der Waals surface area contributed by atoms with Crippen LogP contribution in [0.2, 0.25) is 0 Å². The SMILES string of the molecule is CN(Cc1cccc(Br)c1)Cc1cccc(N)c1Br. The highest BCUT2D eigenvalue weighted by atomic mass is 79.9. The maximum atomic E-state index is 5.90. The lowest BCUT2D eigenvalue weighted by Crippen LogP contribution is -2.17. The normalized spacial score (nSPS) is 10.9. The van der Waals surface area contributed by atoms with Gasteiger partial charge in [0.2, 0.25) is 0 Å². The minimum Gasteiger partial charge on any atom is -0.398 e. The summed E-state index contributed by atoms with van der Waals surface area (Å²) in [6.45, 7) is 1.76. The van der Waals surface area contributed by atoms with Gasteiger partial charge in [-0.2, -0.15) is 0 Å². The van der Waals surface area contributed by atoms with Crippen LogP contribution in [0.1, 0.15) is 11.1 Å². The van der Waals surface area contributed by atoms with Crippen LogP contribution in [0.4, 0.5) is 5.69 Å². The van der Waals surface area contributed by atoms with Crippen molar-refractivity contribution in [3.63, 3.8) is 0 Å². The number of benzene rings is 2. The van der Waals surface area contributed by atoms with Crippen LogP contribution in [0.15, 0.2) is 51.4 Å². The van der Waals surface area contributed by atoms with Gasteiger partial charge in [-0.05, 0) is 52.3 Å². The molecule has 4 heteroatoms. The van der Waals surface area contributed by atoms with Crippen LogP contribution in [-0.2, 0) is 13.1 Å². The van der Waals surface area contributed by atoms with Crippen LogP contribution in [-0.4, -0.2) is 11.9 Å². The summed E-state index contributed by atoms with van der Waals surface area (Å²) in [5.74, 6) is 0. The lowest BCUT2D eigenvalue weighted by molar-refractivity contribution is 0.318. The Balaban J connectivity index is 2.05. The van der Waals surface area contributed by atoms with E-state index >= 15 is 0 Å². The van der Waals surface area contributed by atoms with Gasteiger partial charge in [-0.1, -0.05) is 40.2 Å². The Bertz CT molecular complexity index is 570. The quantitative estimate of drug-likeness (QED) is 0.791. The molecule has 0 aromatic heterocycles. The van der Waals surface area contributed by atoms with E-state index in [9.17, 15) is 0 Å². The molecule has 100 valence electrons. The van der Waals surface area contributed by atoms with Crippen LogP contribution in [0.5, 0.6) is 0 Å². The Labute approximate surface area is 130 Å². The van der Waals surface area contributed by atoms with Gasteiger partial charge in [0.15, 0.2) is 0 Å². The predicted octanol–water partition coefficient (Wildman–Crippen LogP) is 4.43. The predicted molar refractivity (Wildman–Crippen MR) is 87.9 cm³/mol. The summed E-state index contributed by atoms with van der Waals surface area (Å²) in [5.41, 5.74) is 9.18. The van der Waals surface area contributed by atoms with E-state index in [1.807, 2.05) is 18.2 Å². The molecule has 0 unspecified atom stereocenters. The minimum atomic E-state index is 0.786. The zero-order valence-corrected chi connectivity index (χ0v) is 13.9. The Morgan fingerprint density at radius 3 is 2.53 bits per heavy atom. The molecule has 0 saturated heterocycles. The molecule has 2 aromatic rings. The summed E-state index contributed by atoms with van der Waals surface area (Å²) >= 11 is 7.04. The number of halogens is 2. The van der Waals surface area contributed by atoms with Crippen molar-refractivity contribution in [3.05, 3.63) is 62.5 Å². The summed E-state index contributed by atoms with van der Waals surface area (Å²) in [4.78, 5) is 2.27. The van der Waals surface area contributed by atoms with Crippen molar-refractivity contribution in [2.24, 2.45) is 0 Å². The highest BCUT2D eigenvalue weighted by molar-refractivity contribution is 9.11. The number of hydrogen-bond donors (Lipinski definition) is 1. The molecule has 0 aliphatic rings. The molecule has 0 heterocycles. The second kappa shape index (κ2) is 6.55. The van der Waals surface area contributed by atoms with Gasteiger partial charge in [-0.25, -0.2) is 0 Å². The average molecular weight is 384 g/mol. The molecule has 0 fully saturated rings. The standard InChI is InChI=1S/C15H16Br2N2/c1-19(9-11-4-2-6-13(16)8-11)10-12-5-3-7-14(18)15(12)17/h2-8H,9-10,18H2,1H3. The largest absolute Gasteiger partial charge is 0.398 e. The van der Waals surface area contributed by atoms with Crippen molar-refractivity contribution >= 4 is 37.5 Å². The Hall–Kier alpha value is -0.840. The molecule has 0 amide bonds. The second-order valence-corrected chi connectivity index (χ2v) is 6.33. The van der Waals surface area contributed by atoms with E-state index in [1.165, 1.54) is 11.1 Å². The van der Waals surface area contributed by atoms with Gasteiger partial charge < -0.3 is 5.73 Å². The third kappa shape index (κ3) is 4.06. The van der Waals surface area contributed by atoms with Crippen LogP contribution in [0.25, 0.3) is 0 Å². The highest BCUT2D eigenvalue weighted by Gasteiger charge is 2.07. The Kier molecular flexibility index (Phi) is 5.02. The van der Waals surface area contributed by atoms with E-state index in [0.717, 1.165) is 27.7 Å². The summed E-state index contributed by atoms with van der Waals surface area (Å²) in [6.07, 6.45) is 0. The third-order valence-electron chi connectivity index (χ3n) is 2.89. The topological polar surface area (TPSA) is 29.3 Å². The van der Waals surface area contributed by atoms with E-state index in [-0.39, 0.29) is 0 Å². The Morgan fingerprint density at radius 2 is 1.79 bits per heavy atom.